The Kier molecular flexibility index (Phi) is 3.05. The summed E-state index contributed by atoms with van der Waals surface area (Å²) in [6, 6.07) is 8.55. The maximum absolute atomic E-state index is 11.4. The maximum atomic E-state index is 11.4. The van der Waals surface area contributed by atoms with Crippen molar-refractivity contribution in [2.45, 2.75) is 26.2 Å². The smallest absolute Gasteiger partial charge is 0.223 e. The number of nitrogens with one attached hydrogen (secondary N) is 1. The van der Waals surface area contributed by atoms with Crippen LogP contribution in [0.5, 0.6) is 0 Å². The van der Waals surface area contributed by atoms with Crippen LogP contribution in [-0.4, -0.2) is 12.5 Å². The second-order valence-corrected chi connectivity index (χ2v) is 4.15. The van der Waals surface area contributed by atoms with Gasteiger partial charge >= 0.3 is 0 Å². The molecule has 0 radical (unpaired) electrons. The van der Waals surface area contributed by atoms with Gasteiger partial charge in [-0.15, -0.1) is 0 Å². The Morgan fingerprint density at radius 3 is 2.87 bits per heavy atom. The van der Waals surface area contributed by atoms with Crippen LogP contribution in [0.25, 0.3) is 0 Å². The highest BCUT2D eigenvalue weighted by Gasteiger charge is 2.23. The lowest BCUT2D eigenvalue weighted by molar-refractivity contribution is -0.122. The van der Waals surface area contributed by atoms with Gasteiger partial charge in [0, 0.05) is 12.5 Å². The predicted octanol–water partition coefficient (Wildman–Crippen LogP) is 1.93. The standard InChI is InChI=1S/C13H17NO/c1-2-10-4-3-5-11(8-10)9-12-6-7-14-13(12)15/h3-5,8,12H,2,6-7,9H2,1H3,(H,14,15). The Hall–Kier alpha value is -1.31. The minimum absolute atomic E-state index is 0.192. The van der Waals surface area contributed by atoms with Gasteiger partial charge in [0.15, 0.2) is 0 Å². The van der Waals surface area contributed by atoms with Crippen molar-refractivity contribution >= 4 is 5.91 Å². The molecule has 2 rings (SSSR count). The van der Waals surface area contributed by atoms with E-state index in [1.165, 1.54) is 11.1 Å². The van der Waals surface area contributed by atoms with Crippen molar-refractivity contribution in [1.82, 2.24) is 5.32 Å². The van der Waals surface area contributed by atoms with Gasteiger partial charge in [-0.2, -0.15) is 0 Å². The number of amides is 1. The lowest BCUT2D eigenvalue weighted by Crippen LogP contribution is -2.20. The third kappa shape index (κ3) is 2.38. The summed E-state index contributed by atoms with van der Waals surface area (Å²) in [5.74, 6) is 0.411. The fourth-order valence-electron chi connectivity index (χ4n) is 2.10. The van der Waals surface area contributed by atoms with E-state index in [0.717, 1.165) is 25.8 Å². The molecule has 0 aromatic heterocycles. The average Bonchev–Trinajstić information content (AvgIpc) is 2.65. The number of hydrogen-bond donors (Lipinski definition) is 1. The summed E-state index contributed by atoms with van der Waals surface area (Å²) in [6.45, 7) is 3.00. The van der Waals surface area contributed by atoms with E-state index >= 15 is 0 Å². The fourth-order valence-corrected chi connectivity index (χ4v) is 2.10. The Balaban J connectivity index is 2.06. The molecule has 1 fully saturated rings. The maximum Gasteiger partial charge on any atom is 0.223 e. The molecule has 1 N–H and O–H groups in total. The SMILES string of the molecule is CCc1cccc(CC2CCNC2=O)c1. The van der Waals surface area contributed by atoms with Gasteiger partial charge < -0.3 is 5.32 Å². The van der Waals surface area contributed by atoms with Crippen molar-refractivity contribution in [3.05, 3.63) is 35.4 Å². The number of aryl methyl sites for hydroxylation is 1. The van der Waals surface area contributed by atoms with E-state index in [4.69, 9.17) is 0 Å². The van der Waals surface area contributed by atoms with Gasteiger partial charge in [-0.05, 0) is 30.4 Å². The molecule has 1 aliphatic heterocycles. The lowest BCUT2D eigenvalue weighted by atomic mass is 9.96. The molecular weight excluding hydrogens is 186 g/mol. The van der Waals surface area contributed by atoms with Crippen molar-refractivity contribution < 1.29 is 4.79 Å². The molecule has 1 aromatic rings. The van der Waals surface area contributed by atoms with Crippen LogP contribution in [-0.2, 0) is 17.6 Å². The fraction of sp³-hybridized carbons (Fsp3) is 0.462. The number of carbonyl (C=O) groups excluding carboxylic acids is 1. The molecular formula is C13H17NO. The van der Waals surface area contributed by atoms with Crippen molar-refractivity contribution in [2.24, 2.45) is 5.92 Å². The molecule has 1 aliphatic rings. The van der Waals surface area contributed by atoms with E-state index in [1.807, 2.05) is 0 Å². The van der Waals surface area contributed by atoms with E-state index in [9.17, 15) is 4.79 Å². The zero-order valence-electron chi connectivity index (χ0n) is 9.12. The first-order chi connectivity index (χ1) is 7.29. The van der Waals surface area contributed by atoms with Crippen LogP contribution in [0.2, 0.25) is 0 Å². The summed E-state index contributed by atoms with van der Waals surface area (Å²) in [7, 11) is 0. The van der Waals surface area contributed by atoms with Crippen LogP contribution in [0.1, 0.15) is 24.5 Å². The van der Waals surface area contributed by atoms with Crippen LogP contribution < -0.4 is 5.32 Å². The highest BCUT2D eigenvalue weighted by atomic mass is 16.2. The second-order valence-electron chi connectivity index (χ2n) is 4.15. The topological polar surface area (TPSA) is 29.1 Å². The first kappa shape index (κ1) is 10.2. The van der Waals surface area contributed by atoms with Gasteiger partial charge in [0.1, 0.15) is 0 Å². The Labute approximate surface area is 90.7 Å². The molecule has 1 aromatic carbocycles. The second kappa shape index (κ2) is 4.47. The van der Waals surface area contributed by atoms with Crippen molar-refractivity contribution in [3.63, 3.8) is 0 Å². The predicted molar refractivity (Wildman–Crippen MR) is 60.6 cm³/mol. The van der Waals surface area contributed by atoms with Crippen LogP contribution in [0.4, 0.5) is 0 Å². The molecule has 1 saturated heterocycles. The molecule has 15 heavy (non-hydrogen) atoms. The van der Waals surface area contributed by atoms with Crippen molar-refractivity contribution in [3.8, 4) is 0 Å². The van der Waals surface area contributed by atoms with Crippen LogP contribution in [0.3, 0.4) is 0 Å². The summed E-state index contributed by atoms with van der Waals surface area (Å²) in [5, 5.41) is 2.88. The molecule has 80 valence electrons. The minimum Gasteiger partial charge on any atom is -0.356 e. The van der Waals surface area contributed by atoms with Gasteiger partial charge in [0.25, 0.3) is 0 Å². The summed E-state index contributed by atoms with van der Waals surface area (Å²) >= 11 is 0. The molecule has 1 heterocycles. The first-order valence-corrected chi connectivity index (χ1v) is 5.65. The monoisotopic (exact) mass is 203 g/mol. The van der Waals surface area contributed by atoms with Gasteiger partial charge in [-0.1, -0.05) is 31.2 Å². The van der Waals surface area contributed by atoms with Crippen LogP contribution in [0, 0.1) is 5.92 Å². The van der Waals surface area contributed by atoms with Gasteiger partial charge in [0.2, 0.25) is 5.91 Å². The third-order valence-corrected chi connectivity index (χ3v) is 3.04. The summed E-state index contributed by atoms with van der Waals surface area (Å²) in [6.07, 6.45) is 2.93. The van der Waals surface area contributed by atoms with E-state index in [2.05, 4.69) is 36.5 Å². The zero-order chi connectivity index (χ0) is 10.7. The Morgan fingerprint density at radius 2 is 2.20 bits per heavy atom. The molecule has 0 spiro atoms. The first-order valence-electron chi connectivity index (χ1n) is 5.65. The molecule has 0 saturated carbocycles. The average molecular weight is 203 g/mol. The van der Waals surface area contributed by atoms with Crippen LogP contribution >= 0.6 is 0 Å². The van der Waals surface area contributed by atoms with Crippen molar-refractivity contribution in [1.29, 1.82) is 0 Å². The molecule has 0 aliphatic carbocycles. The summed E-state index contributed by atoms with van der Waals surface area (Å²) in [5.41, 5.74) is 2.64. The van der Waals surface area contributed by atoms with Crippen molar-refractivity contribution in [2.75, 3.05) is 6.54 Å². The summed E-state index contributed by atoms with van der Waals surface area (Å²) in [4.78, 5) is 11.4. The molecule has 1 atom stereocenters. The third-order valence-electron chi connectivity index (χ3n) is 3.04. The Bertz CT molecular complexity index is 359. The molecule has 1 amide bonds. The van der Waals surface area contributed by atoms with E-state index in [0.29, 0.717) is 0 Å². The number of rotatable bonds is 3. The summed E-state index contributed by atoms with van der Waals surface area (Å²) < 4.78 is 0. The van der Waals surface area contributed by atoms with Gasteiger partial charge in [-0.25, -0.2) is 0 Å². The van der Waals surface area contributed by atoms with E-state index < -0.39 is 0 Å². The normalized spacial score (nSPS) is 20.3. The van der Waals surface area contributed by atoms with Crippen LogP contribution in [0.15, 0.2) is 24.3 Å². The lowest BCUT2D eigenvalue weighted by Gasteiger charge is -2.07. The van der Waals surface area contributed by atoms with E-state index in [1.54, 1.807) is 0 Å². The quantitative estimate of drug-likeness (QED) is 0.799. The van der Waals surface area contributed by atoms with Gasteiger partial charge in [0.05, 0.1) is 0 Å². The number of carbonyl (C=O) groups is 1. The number of hydrogen-bond acceptors (Lipinski definition) is 1. The molecule has 0 bridgehead atoms. The minimum atomic E-state index is 0.192. The highest BCUT2D eigenvalue weighted by Crippen LogP contribution is 2.17. The molecule has 2 heteroatoms. The zero-order valence-corrected chi connectivity index (χ0v) is 9.12. The molecule has 1 unspecified atom stereocenters. The number of benzene rings is 1. The highest BCUT2D eigenvalue weighted by molar-refractivity contribution is 5.80. The molecule has 2 nitrogen and oxygen atoms in total. The van der Waals surface area contributed by atoms with Gasteiger partial charge in [-0.3, -0.25) is 4.79 Å². The Morgan fingerprint density at radius 1 is 1.40 bits per heavy atom. The largest absolute Gasteiger partial charge is 0.356 e. The van der Waals surface area contributed by atoms with E-state index in [-0.39, 0.29) is 11.8 Å².